The zero-order chi connectivity index (χ0) is 40.1. The number of rotatable bonds is 46. The minimum atomic E-state index is -0.678. The predicted molar refractivity (Wildman–Crippen MR) is 237 cm³/mol. The average molecular weight is 780 g/mol. The van der Waals surface area contributed by atoms with Gasteiger partial charge in [-0.15, -0.1) is 0 Å². The molecule has 0 fully saturated rings. The van der Waals surface area contributed by atoms with Crippen molar-refractivity contribution in [3.05, 3.63) is 0 Å². The molecule has 0 aromatic heterocycles. The second-order valence-corrected chi connectivity index (χ2v) is 17.2. The van der Waals surface area contributed by atoms with Crippen LogP contribution in [0.15, 0.2) is 0 Å². The number of hydrogen-bond donors (Lipinski definition) is 3. The molecule has 55 heavy (non-hydrogen) atoms. The van der Waals surface area contributed by atoms with Crippen LogP contribution in [0.2, 0.25) is 0 Å². The molecule has 3 N–H and O–H groups in total. The molecule has 1 amide bonds. The van der Waals surface area contributed by atoms with Gasteiger partial charge in [-0.1, -0.05) is 239 Å². The highest BCUT2D eigenvalue weighted by Crippen LogP contribution is 2.17. The van der Waals surface area contributed by atoms with Crippen LogP contribution in [0.25, 0.3) is 0 Å². The van der Waals surface area contributed by atoms with E-state index >= 15 is 0 Å². The molecule has 0 aromatic rings. The van der Waals surface area contributed by atoms with Gasteiger partial charge in [-0.3, -0.25) is 9.59 Å². The van der Waals surface area contributed by atoms with Crippen molar-refractivity contribution in [2.75, 3.05) is 13.2 Å². The molecule has 2 atom stereocenters. The molecule has 0 heterocycles. The lowest BCUT2D eigenvalue weighted by atomic mass is 10.0. The van der Waals surface area contributed by atoms with Crippen molar-refractivity contribution >= 4 is 11.9 Å². The van der Waals surface area contributed by atoms with E-state index < -0.39 is 12.1 Å². The van der Waals surface area contributed by atoms with Crippen LogP contribution < -0.4 is 5.32 Å². The largest absolute Gasteiger partial charge is 0.466 e. The van der Waals surface area contributed by atoms with Gasteiger partial charge in [-0.25, -0.2) is 0 Å². The van der Waals surface area contributed by atoms with Crippen molar-refractivity contribution in [2.45, 2.75) is 289 Å². The van der Waals surface area contributed by atoms with E-state index in [-0.39, 0.29) is 18.5 Å². The van der Waals surface area contributed by atoms with E-state index in [1.807, 2.05) is 0 Å². The number of carbonyl (C=O) groups is 2. The SMILES string of the molecule is CCCCCCCCCCCCCCCCCCC(=O)OCCCCCCCCCCCC(=O)NC(CO)C(O)CCCCCCCCCCCCCCC. The molecule has 6 heteroatoms. The van der Waals surface area contributed by atoms with E-state index in [1.165, 1.54) is 186 Å². The Morgan fingerprint density at radius 1 is 0.436 bits per heavy atom. The quantitative estimate of drug-likeness (QED) is 0.0422. The highest BCUT2D eigenvalue weighted by Gasteiger charge is 2.20. The molecule has 0 rings (SSSR count). The molecule has 0 aromatic carbocycles. The standard InChI is InChI=1S/C49H97NO5/c1-3-5-7-9-11-13-15-17-18-19-21-23-27-31-35-39-43-49(54)55-44-40-36-32-28-24-26-30-34-38-42-48(53)50-46(45-51)47(52)41-37-33-29-25-22-20-16-14-12-10-8-6-4-2/h46-47,51-52H,3-45H2,1-2H3,(H,50,53). The molecular formula is C49H97NO5. The van der Waals surface area contributed by atoms with Crippen LogP contribution in [0.1, 0.15) is 277 Å². The average Bonchev–Trinajstić information content (AvgIpc) is 3.18. The molecule has 0 saturated carbocycles. The van der Waals surface area contributed by atoms with Gasteiger partial charge in [0.25, 0.3) is 0 Å². The molecule has 0 saturated heterocycles. The molecule has 6 nitrogen and oxygen atoms in total. The topological polar surface area (TPSA) is 95.9 Å². The number of esters is 1. The van der Waals surface area contributed by atoms with Crippen molar-refractivity contribution in [2.24, 2.45) is 0 Å². The summed E-state index contributed by atoms with van der Waals surface area (Å²) in [6, 6.07) is -0.558. The fourth-order valence-electron chi connectivity index (χ4n) is 7.82. The molecule has 2 unspecified atom stereocenters. The van der Waals surface area contributed by atoms with Crippen molar-refractivity contribution in [3.8, 4) is 0 Å². The monoisotopic (exact) mass is 780 g/mol. The van der Waals surface area contributed by atoms with E-state index in [9.17, 15) is 19.8 Å². The Kier molecular flexibility index (Phi) is 44.6. The van der Waals surface area contributed by atoms with Gasteiger partial charge in [-0.05, 0) is 25.7 Å². The number of aliphatic hydroxyl groups excluding tert-OH is 2. The molecule has 0 aliphatic heterocycles. The van der Waals surface area contributed by atoms with E-state index in [1.54, 1.807) is 0 Å². The Morgan fingerprint density at radius 2 is 0.745 bits per heavy atom. The van der Waals surface area contributed by atoms with Gasteiger partial charge >= 0.3 is 5.97 Å². The highest BCUT2D eigenvalue weighted by atomic mass is 16.5. The van der Waals surface area contributed by atoms with Crippen LogP contribution in [0.3, 0.4) is 0 Å². The maximum atomic E-state index is 12.4. The van der Waals surface area contributed by atoms with Gasteiger partial charge in [0.15, 0.2) is 0 Å². The first-order valence-electron chi connectivity index (χ1n) is 24.8. The van der Waals surface area contributed by atoms with Crippen LogP contribution in [0.4, 0.5) is 0 Å². The fraction of sp³-hybridized carbons (Fsp3) is 0.959. The number of amides is 1. The number of nitrogens with one attached hydrogen (secondary N) is 1. The van der Waals surface area contributed by atoms with E-state index in [0.717, 1.165) is 57.8 Å². The number of unbranched alkanes of at least 4 members (excludes halogenated alkanes) is 35. The van der Waals surface area contributed by atoms with Gasteiger partial charge in [0.1, 0.15) is 0 Å². The number of ether oxygens (including phenoxy) is 1. The maximum Gasteiger partial charge on any atom is 0.305 e. The van der Waals surface area contributed by atoms with Gasteiger partial charge in [0, 0.05) is 12.8 Å². The summed E-state index contributed by atoms with van der Waals surface area (Å²) < 4.78 is 5.45. The van der Waals surface area contributed by atoms with Crippen molar-refractivity contribution in [1.82, 2.24) is 5.32 Å². The Hall–Kier alpha value is -1.14. The molecule has 328 valence electrons. The first kappa shape index (κ1) is 53.9. The summed E-state index contributed by atoms with van der Waals surface area (Å²) in [6.45, 7) is 4.90. The van der Waals surface area contributed by atoms with Gasteiger partial charge in [0.2, 0.25) is 5.91 Å². The van der Waals surface area contributed by atoms with Crippen molar-refractivity contribution in [3.63, 3.8) is 0 Å². The summed E-state index contributed by atoms with van der Waals surface area (Å²) in [5.41, 5.74) is 0. The lowest BCUT2D eigenvalue weighted by Gasteiger charge is -2.22. The summed E-state index contributed by atoms with van der Waals surface area (Å²) in [6.07, 6.45) is 49.2. The van der Waals surface area contributed by atoms with Gasteiger partial charge in [0.05, 0.1) is 25.4 Å². The van der Waals surface area contributed by atoms with E-state index in [2.05, 4.69) is 19.2 Å². The van der Waals surface area contributed by atoms with E-state index in [4.69, 9.17) is 4.74 Å². The maximum absolute atomic E-state index is 12.4. The molecule has 0 spiro atoms. The Morgan fingerprint density at radius 3 is 1.11 bits per heavy atom. The van der Waals surface area contributed by atoms with Crippen molar-refractivity contribution in [1.29, 1.82) is 0 Å². The molecule has 0 bridgehead atoms. The molecule has 0 radical (unpaired) electrons. The Labute approximate surface area is 343 Å². The first-order chi connectivity index (χ1) is 27.0. The fourth-order valence-corrected chi connectivity index (χ4v) is 7.82. The second-order valence-electron chi connectivity index (χ2n) is 17.2. The minimum absolute atomic E-state index is 0.0212. The van der Waals surface area contributed by atoms with Crippen LogP contribution in [-0.2, 0) is 14.3 Å². The first-order valence-corrected chi connectivity index (χ1v) is 24.8. The summed E-state index contributed by atoms with van der Waals surface area (Å²) in [4.78, 5) is 24.5. The van der Waals surface area contributed by atoms with Crippen LogP contribution in [0.5, 0.6) is 0 Å². The van der Waals surface area contributed by atoms with Crippen LogP contribution in [0, 0.1) is 0 Å². The summed E-state index contributed by atoms with van der Waals surface area (Å²) in [5, 5.41) is 23.1. The molecular weight excluding hydrogens is 683 g/mol. The third-order valence-electron chi connectivity index (χ3n) is 11.7. The smallest absolute Gasteiger partial charge is 0.305 e. The summed E-state index contributed by atoms with van der Waals surface area (Å²) in [5.74, 6) is -0.0821. The second kappa shape index (κ2) is 45.6. The van der Waals surface area contributed by atoms with E-state index in [0.29, 0.717) is 25.9 Å². The third-order valence-corrected chi connectivity index (χ3v) is 11.7. The summed E-state index contributed by atoms with van der Waals surface area (Å²) in [7, 11) is 0. The number of hydrogen-bond acceptors (Lipinski definition) is 5. The Balaban J connectivity index is 3.46. The number of carbonyl (C=O) groups excluding carboxylic acids is 2. The predicted octanol–water partition coefficient (Wildman–Crippen LogP) is 14.4. The normalized spacial score (nSPS) is 12.6. The van der Waals surface area contributed by atoms with Crippen molar-refractivity contribution < 1.29 is 24.5 Å². The summed E-state index contributed by atoms with van der Waals surface area (Å²) >= 11 is 0. The lowest BCUT2D eigenvalue weighted by molar-refractivity contribution is -0.143. The van der Waals surface area contributed by atoms with Gasteiger partial charge in [-0.2, -0.15) is 0 Å². The minimum Gasteiger partial charge on any atom is -0.466 e. The number of aliphatic hydroxyl groups is 2. The molecule has 0 aliphatic carbocycles. The zero-order valence-electron chi connectivity index (χ0n) is 37.2. The molecule has 0 aliphatic rings. The third kappa shape index (κ3) is 42.3. The highest BCUT2D eigenvalue weighted by molar-refractivity contribution is 5.76. The zero-order valence-corrected chi connectivity index (χ0v) is 37.2. The Bertz CT molecular complexity index is 776. The van der Waals surface area contributed by atoms with Crippen LogP contribution in [-0.4, -0.2) is 47.4 Å². The van der Waals surface area contributed by atoms with Gasteiger partial charge < -0.3 is 20.3 Å². The van der Waals surface area contributed by atoms with Crippen LogP contribution >= 0.6 is 0 Å². The lowest BCUT2D eigenvalue weighted by Crippen LogP contribution is -2.45.